The molecule has 0 saturated carbocycles. The van der Waals surface area contributed by atoms with Crippen molar-refractivity contribution in [3.05, 3.63) is 69.0 Å². The Balaban J connectivity index is 1.81. The molecule has 1 atom stereocenters. The van der Waals surface area contributed by atoms with Crippen molar-refractivity contribution in [2.45, 2.75) is 31.7 Å². The fraction of sp³-hybridized carbons (Fsp3) is 0.200. The number of hydrogen-bond donors (Lipinski definition) is 1. The smallest absolute Gasteiger partial charge is 0.336 e. The van der Waals surface area contributed by atoms with E-state index in [1.807, 2.05) is 6.92 Å². The summed E-state index contributed by atoms with van der Waals surface area (Å²) >= 11 is 6.17. The molecule has 0 saturated heterocycles. The molecule has 1 N–H and O–H groups in total. The summed E-state index contributed by atoms with van der Waals surface area (Å²) in [5.41, 5.74) is 1.23. The molecule has 1 aromatic heterocycles. The second kappa shape index (κ2) is 7.98. The zero-order valence-electron chi connectivity index (χ0n) is 15.9. The van der Waals surface area contributed by atoms with Gasteiger partial charge in [0.15, 0.2) is 5.75 Å². The lowest BCUT2D eigenvalue weighted by Crippen LogP contribution is -2.40. The Bertz CT molecular complexity index is 1250. The quantitative estimate of drug-likeness (QED) is 0.374. The number of rotatable bonds is 5. The molecule has 3 aromatic rings. The van der Waals surface area contributed by atoms with Gasteiger partial charge in [0.05, 0.1) is 9.92 Å². The minimum Gasteiger partial charge on any atom is -0.424 e. The van der Waals surface area contributed by atoms with Crippen LogP contribution in [0.3, 0.4) is 0 Å². The van der Waals surface area contributed by atoms with Crippen molar-refractivity contribution in [1.82, 2.24) is 4.72 Å². The van der Waals surface area contributed by atoms with Gasteiger partial charge in [0, 0.05) is 17.5 Å². The third-order valence-corrected chi connectivity index (χ3v) is 6.08. The first-order valence-electron chi connectivity index (χ1n) is 8.61. The van der Waals surface area contributed by atoms with E-state index < -0.39 is 27.7 Å². The first-order valence-corrected chi connectivity index (χ1v) is 10.5. The zero-order valence-corrected chi connectivity index (χ0v) is 17.4. The highest BCUT2D eigenvalue weighted by Gasteiger charge is 2.24. The second-order valence-electron chi connectivity index (χ2n) is 6.60. The summed E-state index contributed by atoms with van der Waals surface area (Å²) < 4.78 is 37.5. The van der Waals surface area contributed by atoms with Crippen LogP contribution in [-0.2, 0) is 14.8 Å². The number of fused-ring (bicyclic) bond motifs is 1. The minimum absolute atomic E-state index is 0.0312. The number of ether oxygens (including phenoxy) is 1. The molecular weight excluding hydrogens is 418 g/mol. The van der Waals surface area contributed by atoms with Crippen molar-refractivity contribution in [3.63, 3.8) is 0 Å². The topological polar surface area (TPSA) is 103 Å². The number of hydrogen-bond acceptors (Lipinski definition) is 6. The molecule has 3 rings (SSSR count). The standard InChI is InChI=1S/C20H18ClNO6S/c1-11-4-6-14(7-5-11)29(25,26)22-13(3)20(24)28-18-10-17-15(9-16(18)21)12(2)8-19(23)27-17/h4-10,13,22H,1-3H3/t13-/m1/s1. The largest absolute Gasteiger partial charge is 0.424 e. The van der Waals surface area contributed by atoms with Gasteiger partial charge in [-0.05, 0) is 44.5 Å². The van der Waals surface area contributed by atoms with Crippen LogP contribution in [-0.4, -0.2) is 20.4 Å². The lowest BCUT2D eigenvalue weighted by molar-refractivity contribution is -0.135. The third-order valence-electron chi connectivity index (χ3n) is 4.23. The maximum absolute atomic E-state index is 12.4. The predicted octanol–water partition coefficient (Wildman–Crippen LogP) is 3.34. The van der Waals surface area contributed by atoms with Crippen molar-refractivity contribution in [2.24, 2.45) is 0 Å². The number of esters is 1. The van der Waals surface area contributed by atoms with Gasteiger partial charge in [0.2, 0.25) is 10.0 Å². The molecule has 2 aromatic carbocycles. The van der Waals surface area contributed by atoms with E-state index in [0.29, 0.717) is 10.9 Å². The van der Waals surface area contributed by atoms with Crippen LogP contribution in [0.15, 0.2) is 56.6 Å². The van der Waals surface area contributed by atoms with Crippen LogP contribution in [0.5, 0.6) is 5.75 Å². The van der Waals surface area contributed by atoms with Crippen molar-refractivity contribution >= 4 is 38.6 Å². The van der Waals surface area contributed by atoms with E-state index in [2.05, 4.69) is 4.72 Å². The van der Waals surface area contributed by atoms with Crippen LogP contribution in [0.25, 0.3) is 11.0 Å². The van der Waals surface area contributed by atoms with E-state index in [0.717, 1.165) is 5.56 Å². The molecule has 0 aliphatic heterocycles. The van der Waals surface area contributed by atoms with Gasteiger partial charge in [-0.15, -0.1) is 0 Å². The Hall–Kier alpha value is -2.68. The number of nitrogens with one attached hydrogen (secondary N) is 1. The molecule has 0 bridgehead atoms. The average Bonchev–Trinajstić information content (AvgIpc) is 2.63. The number of carbonyl (C=O) groups excluding carboxylic acids is 1. The fourth-order valence-corrected chi connectivity index (χ4v) is 4.06. The molecule has 0 aliphatic rings. The van der Waals surface area contributed by atoms with Gasteiger partial charge >= 0.3 is 11.6 Å². The summed E-state index contributed by atoms with van der Waals surface area (Å²) in [6.07, 6.45) is 0. The van der Waals surface area contributed by atoms with E-state index in [-0.39, 0.29) is 21.3 Å². The van der Waals surface area contributed by atoms with E-state index in [4.69, 9.17) is 20.8 Å². The molecule has 0 aliphatic carbocycles. The highest BCUT2D eigenvalue weighted by molar-refractivity contribution is 7.89. The Morgan fingerprint density at radius 3 is 2.45 bits per heavy atom. The highest BCUT2D eigenvalue weighted by Crippen LogP contribution is 2.31. The van der Waals surface area contributed by atoms with Crippen molar-refractivity contribution < 1.29 is 22.4 Å². The molecule has 29 heavy (non-hydrogen) atoms. The lowest BCUT2D eigenvalue weighted by Gasteiger charge is -2.15. The molecule has 1 heterocycles. The molecule has 0 radical (unpaired) electrons. The third kappa shape index (κ3) is 4.67. The summed E-state index contributed by atoms with van der Waals surface area (Å²) in [5.74, 6) is -0.906. The molecule has 0 amide bonds. The summed E-state index contributed by atoms with van der Waals surface area (Å²) in [5, 5.41) is 0.721. The fourth-order valence-electron chi connectivity index (χ4n) is 2.66. The van der Waals surface area contributed by atoms with Crippen LogP contribution in [0.4, 0.5) is 0 Å². The SMILES string of the molecule is Cc1ccc(S(=O)(=O)N[C@H](C)C(=O)Oc2cc3oc(=O)cc(C)c3cc2Cl)cc1. The molecule has 0 fully saturated rings. The number of halogens is 1. The summed E-state index contributed by atoms with van der Waals surface area (Å²) in [4.78, 5) is 24.0. The molecule has 152 valence electrons. The normalized spacial score (nSPS) is 12.7. The molecule has 0 unspecified atom stereocenters. The summed E-state index contributed by atoms with van der Waals surface area (Å²) in [7, 11) is -3.91. The lowest BCUT2D eigenvalue weighted by atomic mass is 10.1. The van der Waals surface area contributed by atoms with Crippen LogP contribution in [0, 0.1) is 13.8 Å². The van der Waals surface area contributed by atoms with Gasteiger partial charge < -0.3 is 9.15 Å². The monoisotopic (exact) mass is 435 g/mol. The van der Waals surface area contributed by atoms with Crippen molar-refractivity contribution in [3.8, 4) is 5.75 Å². The van der Waals surface area contributed by atoms with Crippen LogP contribution in [0.1, 0.15) is 18.1 Å². The second-order valence-corrected chi connectivity index (χ2v) is 8.73. The van der Waals surface area contributed by atoms with Crippen molar-refractivity contribution in [1.29, 1.82) is 0 Å². The maximum atomic E-state index is 12.4. The van der Waals surface area contributed by atoms with E-state index in [1.54, 1.807) is 19.1 Å². The van der Waals surface area contributed by atoms with Gasteiger partial charge in [0.1, 0.15) is 11.6 Å². The van der Waals surface area contributed by atoms with Gasteiger partial charge in [0.25, 0.3) is 0 Å². The average molecular weight is 436 g/mol. The van der Waals surface area contributed by atoms with Crippen LogP contribution < -0.4 is 15.1 Å². The van der Waals surface area contributed by atoms with Gasteiger partial charge in [-0.1, -0.05) is 29.3 Å². The Kier molecular flexibility index (Phi) is 5.79. The van der Waals surface area contributed by atoms with Gasteiger partial charge in [-0.2, -0.15) is 4.72 Å². The van der Waals surface area contributed by atoms with Crippen LogP contribution >= 0.6 is 11.6 Å². The van der Waals surface area contributed by atoms with E-state index in [1.165, 1.54) is 37.3 Å². The molecule has 9 heteroatoms. The molecule has 0 spiro atoms. The molecule has 7 nitrogen and oxygen atoms in total. The summed E-state index contributed by atoms with van der Waals surface area (Å²) in [6, 6.07) is 9.18. The maximum Gasteiger partial charge on any atom is 0.336 e. The van der Waals surface area contributed by atoms with Crippen molar-refractivity contribution in [2.75, 3.05) is 0 Å². The zero-order chi connectivity index (χ0) is 21.3. The van der Waals surface area contributed by atoms with E-state index >= 15 is 0 Å². The first-order chi connectivity index (χ1) is 13.6. The van der Waals surface area contributed by atoms with Gasteiger partial charge in [-0.3, -0.25) is 0 Å². The minimum atomic E-state index is -3.91. The Labute approximate surface area is 172 Å². The van der Waals surface area contributed by atoms with E-state index in [9.17, 15) is 18.0 Å². The number of sulfonamides is 1. The number of aryl methyl sites for hydroxylation is 2. The molecular formula is C20H18ClNO6S. The first kappa shape index (κ1) is 21.0. The Morgan fingerprint density at radius 1 is 1.14 bits per heavy atom. The predicted molar refractivity (Wildman–Crippen MR) is 109 cm³/mol. The number of benzene rings is 2. The van der Waals surface area contributed by atoms with Crippen LogP contribution in [0.2, 0.25) is 5.02 Å². The highest BCUT2D eigenvalue weighted by atomic mass is 35.5. The summed E-state index contributed by atoms with van der Waals surface area (Å²) in [6.45, 7) is 4.91. The Morgan fingerprint density at radius 2 is 1.79 bits per heavy atom. The van der Waals surface area contributed by atoms with Gasteiger partial charge in [-0.25, -0.2) is 18.0 Å². The number of carbonyl (C=O) groups is 1.